The summed E-state index contributed by atoms with van der Waals surface area (Å²) in [6.07, 6.45) is 1.64. The summed E-state index contributed by atoms with van der Waals surface area (Å²) in [5.74, 6) is -0.245. The molecule has 2 unspecified atom stereocenters. The Morgan fingerprint density at radius 1 is 1.67 bits per heavy atom. The van der Waals surface area contributed by atoms with Gasteiger partial charge in [0.15, 0.2) is 0 Å². The molecule has 0 aliphatic carbocycles. The van der Waals surface area contributed by atoms with Gasteiger partial charge in [-0.3, -0.25) is 4.79 Å². The quantitative estimate of drug-likeness (QED) is 0.691. The van der Waals surface area contributed by atoms with Crippen molar-refractivity contribution in [2.45, 2.75) is 32.2 Å². The highest BCUT2D eigenvalue weighted by molar-refractivity contribution is 9.09. The summed E-state index contributed by atoms with van der Waals surface area (Å²) in [5.41, 5.74) is 5.71. The number of halogens is 1. The molecule has 3 N–H and O–H groups in total. The maximum Gasteiger partial charge on any atom is 0.303 e. The second-order valence-corrected chi connectivity index (χ2v) is 3.84. The predicted molar refractivity (Wildman–Crippen MR) is 52.4 cm³/mol. The Balaban J connectivity index is 3.45. The van der Waals surface area contributed by atoms with E-state index in [1.807, 2.05) is 0 Å². The number of carboxylic acid groups (broad SMARTS) is 1. The number of aliphatic carboxylic acids is 1. The molecule has 0 spiro atoms. The molecule has 0 heterocycles. The summed E-state index contributed by atoms with van der Waals surface area (Å²) in [6.45, 7) is 2.09. The van der Waals surface area contributed by atoms with E-state index in [0.717, 1.165) is 11.8 Å². The molecule has 0 fully saturated rings. The average Bonchev–Trinajstić information content (AvgIpc) is 2.00. The number of alkyl halides is 1. The minimum Gasteiger partial charge on any atom is -0.481 e. The Labute approximate surface area is 81.5 Å². The molecule has 72 valence electrons. The molecule has 0 amide bonds. The van der Waals surface area contributed by atoms with E-state index in [9.17, 15) is 4.79 Å². The summed E-state index contributed by atoms with van der Waals surface area (Å²) in [4.78, 5) is 10.2. The molecule has 0 bridgehead atoms. The van der Waals surface area contributed by atoms with E-state index >= 15 is 0 Å². The predicted octanol–water partition coefficient (Wildman–Crippen LogP) is 1.60. The molecule has 0 aromatic heterocycles. The van der Waals surface area contributed by atoms with Gasteiger partial charge in [0.2, 0.25) is 0 Å². The van der Waals surface area contributed by atoms with Crippen molar-refractivity contribution in [1.29, 1.82) is 0 Å². The third-order valence-corrected chi connectivity index (χ3v) is 2.80. The van der Waals surface area contributed by atoms with Crippen LogP contribution in [-0.4, -0.2) is 22.4 Å². The Hall–Kier alpha value is -0.0900. The third-order valence-electron chi connectivity index (χ3n) is 1.70. The second kappa shape index (κ2) is 6.43. The first-order valence-corrected chi connectivity index (χ1v) is 5.21. The lowest BCUT2D eigenvalue weighted by molar-refractivity contribution is -0.137. The summed E-state index contributed by atoms with van der Waals surface area (Å²) in [6, 6.07) is 0.0219. The average molecular weight is 238 g/mol. The SMILES string of the molecule is CC(CBr)CC(N)CCC(=O)O. The highest BCUT2D eigenvalue weighted by Crippen LogP contribution is 2.10. The van der Waals surface area contributed by atoms with Crippen LogP contribution in [0.1, 0.15) is 26.2 Å². The van der Waals surface area contributed by atoms with Gasteiger partial charge in [0.1, 0.15) is 0 Å². The summed E-state index contributed by atoms with van der Waals surface area (Å²) >= 11 is 3.35. The maximum atomic E-state index is 10.2. The molecule has 2 atom stereocenters. The smallest absolute Gasteiger partial charge is 0.303 e. The highest BCUT2D eigenvalue weighted by atomic mass is 79.9. The van der Waals surface area contributed by atoms with Crippen molar-refractivity contribution in [3.05, 3.63) is 0 Å². The van der Waals surface area contributed by atoms with Gasteiger partial charge < -0.3 is 10.8 Å². The molecule has 0 aliphatic rings. The van der Waals surface area contributed by atoms with Crippen molar-refractivity contribution in [2.24, 2.45) is 11.7 Å². The third kappa shape index (κ3) is 6.61. The Morgan fingerprint density at radius 2 is 2.25 bits per heavy atom. The molecule has 12 heavy (non-hydrogen) atoms. The van der Waals surface area contributed by atoms with Crippen LogP contribution in [0.5, 0.6) is 0 Å². The van der Waals surface area contributed by atoms with E-state index in [2.05, 4.69) is 22.9 Å². The van der Waals surface area contributed by atoms with Crippen molar-refractivity contribution in [1.82, 2.24) is 0 Å². The van der Waals surface area contributed by atoms with Gasteiger partial charge in [-0.15, -0.1) is 0 Å². The van der Waals surface area contributed by atoms with Gasteiger partial charge >= 0.3 is 5.97 Å². The molecule has 0 rings (SSSR count). The van der Waals surface area contributed by atoms with Crippen molar-refractivity contribution in [3.8, 4) is 0 Å². The molecular weight excluding hydrogens is 222 g/mol. The molecule has 0 saturated carbocycles. The summed E-state index contributed by atoms with van der Waals surface area (Å²) in [7, 11) is 0. The monoisotopic (exact) mass is 237 g/mol. The van der Waals surface area contributed by atoms with Gasteiger partial charge in [0, 0.05) is 17.8 Å². The Morgan fingerprint density at radius 3 is 2.67 bits per heavy atom. The topological polar surface area (TPSA) is 63.3 Å². The number of hydrogen-bond acceptors (Lipinski definition) is 2. The number of rotatable bonds is 6. The lowest BCUT2D eigenvalue weighted by Gasteiger charge is -2.13. The van der Waals surface area contributed by atoms with Gasteiger partial charge in [-0.05, 0) is 18.8 Å². The maximum absolute atomic E-state index is 10.2. The lowest BCUT2D eigenvalue weighted by Crippen LogP contribution is -2.24. The minimum absolute atomic E-state index is 0.0219. The Kier molecular flexibility index (Phi) is 6.38. The van der Waals surface area contributed by atoms with Crippen molar-refractivity contribution in [2.75, 3.05) is 5.33 Å². The molecule has 0 aliphatic heterocycles. The van der Waals surface area contributed by atoms with Crippen LogP contribution in [0.15, 0.2) is 0 Å². The first-order chi connectivity index (χ1) is 5.56. The number of carboxylic acids is 1. The van der Waals surface area contributed by atoms with Gasteiger partial charge in [0.05, 0.1) is 0 Å². The van der Waals surface area contributed by atoms with E-state index in [-0.39, 0.29) is 12.5 Å². The van der Waals surface area contributed by atoms with Crippen LogP contribution >= 0.6 is 15.9 Å². The zero-order chi connectivity index (χ0) is 9.56. The zero-order valence-corrected chi connectivity index (χ0v) is 8.88. The minimum atomic E-state index is -0.767. The van der Waals surface area contributed by atoms with E-state index in [0.29, 0.717) is 12.3 Å². The van der Waals surface area contributed by atoms with Crippen LogP contribution in [0.2, 0.25) is 0 Å². The second-order valence-electron chi connectivity index (χ2n) is 3.19. The van der Waals surface area contributed by atoms with Crippen LogP contribution < -0.4 is 5.73 Å². The largest absolute Gasteiger partial charge is 0.481 e. The fourth-order valence-corrected chi connectivity index (χ4v) is 1.27. The lowest BCUT2D eigenvalue weighted by atomic mass is 10.0. The molecule has 0 aromatic rings. The highest BCUT2D eigenvalue weighted by Gasteiger charge is 2.09. The molecule has 3 nitrogen and oxygen atoms in total. The van der Waals surface area contributed by atoms with Crippen molar-refractivity contribution in [3.63, 3.8) is 0 Å². The van der Waals surface area contributed by atoms with Gasteiger partial charge in [0.25, 0.3) is 0 Å². The molecule has 0 radical (unpaired) electrons. The standard InChI is InChI=1S/C8H16BrNO2/c1-6(5-9)4-7(10)2-3-8(11)12/h6-7H,2-5,10H2,1H3,(H,11,12). The van der Waals surface area contributed by atoms with Crippen LogP contribution in [0.3, 0.4) is 0 Å². The van der Waals surface area contributed by atoms with Crippen LogP contribution in [0.4, 0.5) is 0 Å². The van der Waals surface area contributed by atoms with E-state index < -0.39 is 5.97 Å². The van der Waals surface area contributed by atoms with E-state index in [4.69, 9.17) is 10.8 Å². The van der Waals surface area contributed by atoms with E-state index in [1.165, 1.54) is 0 Å². The Bertz CT molecular complexity index is 141. The van der Waals surface area contributed by atoms with Gasteiger partial charge in [-0.2, -0.15) is 0 Å². The molecule has 4 heteroatoms. The first kappa shape index (κ1) is 11.9. The van der Waals surface area contributed by atoms with Crippen molar-refractivity contribution >= 4 is 21.9 Å². The molecule has 0 saturated heterocycles. The number of nitrogens with two attached hydrogens (primary N) is 1. The van der Waals surface area contributed by atoms with Crippen molar-refractivity contribution < 1.29 is 9.90 Å². The van der Waals surface area contributed by atoms with Crippen LogP contribution in [-0.2, 0) is 4.79 Å². The fourth-order valence-electron chi connectivity index (χ4n) is 1.01. The van der Waals surface area contributed by atoms with E-state index in [1.54, 1.807) is 0 Å². The van der Waals surface area contributed by atoms with Crippen LogP contribution in [0.25, 0.3) is 0 Å². The fraction of sp³-hybridized carbons (Fsp3) is 0.875. The number of hydrogen-bond donors (Lipinski definition) is 2. The summed E-state index contributed by atoms with van der Waals surface area (Å²) in [5, 5.41) is 9.31. The number of carbonyl (C=O) groups is 1. The molecular formula is C8H16BrNO2. The summed E-state index contributed by atoms with van der Waals surface area (Å²) < 4.78 is 0. The zero-order valence-electron chi connectivity index (χ0n) is 7.29. The van der Waals surface area contributed by atoms with Crippen LogP contribution in [0, 0.1) is 5.92 Å². The first-order valence-electron chi connectivity index (χ1n) is 4.09. The normalized spacial score (nSPS) is 15.6. The van der Waals surface area contributed by atoms with Gasteiger partial charge in [-0.1, -0.05) is 22.9 Å². The molecule has 0 aromatic carbocycles. The van der Waals surface area contributed by atoms with Gasteiger partial charge in [-0.25, -0.2) is 0 Å².